The number of hydrazone groups is 1. The van der Waals surface area contributed by atoms with E-state index in [4.69, 9.17) is 21.4 Å². The summed E-state index contributed by atoms with van der Waals surface area (Å²) in [6, 6.07) is 18.7. The topological polar surface area (TPSA) is 82.0 Å². The van der Waals surface area contributed by atoms with Crippen molar-refractivity contribution in [2.75, 3.05) is 0 Å². The number of amides is 1. The van der Waals surface area contributed by atoms with Gasteiger partial charge in [-0.2, -0.15) is 15.1 Å². The Hall–Kier alpha value is -3.42. The first-order chi connectivity index (χ1) is 15.0. The van der Waals surface area contributed by atoms with E-state index in [0.717, 1.165) is 16.7 Å². The Bertz CT molecular complexity index is 1340. The molecule has 0 radical (unpaired) electrons. The number of thioether (sulfide) groups is 1. The summed E-state index contributed by atoms with van der Waals surface area (Å²) in [5.74, 6) is 0.527. The molecule has 0 unspecified atom stereocenters. The average Bonchev–Trinajstić information content (AvgIpc) is 3.39. The van der Waals surface area contributed by atoms with Crippen molar-refractivity contribution in [1.29, 1.82) is 5.41 Å². The van der Waals surface area contributed by atoms with E-state index in [1.807, 2.05) is 43.3 Å². The smallest absolute Gasteiger partial charge is 0.283 e. The molecule has 1 N–H and O–H groups in total. The number of carbonyl (C=O) groups is 1. The van der Waals surface area contributed by atoms with Gasteiger partial charge in [-0.25, -0.2) is 0 Å². The van der Waals surface area contributed by atoms with Crippen molar-refractivity contribution in [1.82, 2.24) is 5.01 Å². The van der Waals surface area contributed by atoms with Crippen LogP contribution in [0.15, 0.2) is 80.7 Å². The third-order valence-electron chi connectivity index (χ3n) is 4.85. The number of halogens is 1. The predicted molar refractivity (Wildman–Crippen MR) is 124 cm³/mol. The molecule has 31 heavy (non-hydrogen) atoms. The van der Waals surface area contributed by atoms with Crippen LogP contribution in [-0.4, -0.2) is 27.0 Å². The standard InChI is InChI=1S/C23H15ClN4O2S/c1-13-5-2-3-8-17(13)22-27-28-20(25)18(21(29)26-23(28)31-22)12-16-9-10-19(30-16)14-6-4-7-15(24)11-14/h2-12,25H,1H3. The number of hydrogen-bond donors (Lipinski definition) is 1. The number of nitrogens with one attached hydrogen (secondary N) is 1. The number of carbonyl (C=O) groups excluding carboxylic acids is 1. The van der Waals surface area contributed by atoms with Crippen LogP contribution >= 0.6 is 23.4 Å². The van der Waals surface area contributed by atoms with Crippen LogP contribution in [-0.2, 0) is 4.79 Å². The number of benzene rings is 2. The van der Waals surface area contributed by atoms with Gasteiger partial charge in [-0.3, -0.25) is 10.2 Å². The van der Waals surface area contributed by atoms with Gasteiger partial charge in [0.2, 0.25) is 5.17 Å². The summed E-state index contributed by atoms with van der Waals surface area (Å²) >= 11 is 7.33. The lowest BCUT2D eigenvalue weighted by Crippen LogP contribution is -2.35. The fourth-order valence-electron chi connectivity index (χ4n) is 3.28. The molecule has 0 bridgehead atoms. The van der Waals surface area contributed by atoms with Crippen LogP contribution in [0.25, 0.3) is 17.4 Å². The van der Waals surface area contributed by atoms with Crippen molar-refractivity contribution in [2.24, 2.45) is 10.1 Å². The van der Waals surface area contributed by atoms with E-state index in [-0.39, 0.29) is 11.4 Å². The van der Waals surface area contributed by atoms with Crippen molar-refractivity contribution in [2.45, 2.75) is 6.92 Å². The second-order valence-electron chi connectivity index (χ2n) is 6.95. The minimum atomic E-state index is -0.495. The molecular formula is C23H15ClN4O2S. The zero-order valence-electron chi connectivity index (χ0n) is 16.3. The highest BCUT2D eigenvalue weighted by atomic mass is 35.5. The maximum absolute atomic E-state index is 12.6. The van der Waals surface area contributed by atoms with Gasteiger partial charge in [-0.05, 0) is 54.6 Å². The van der Waals surface area contributed by atoms with Crippen LogP contribution in [0.5, 0.6) is 0 Å². The lowest BCUT2D eigenvalue weighted by atomic mass is 10.1. The lowest BCUT2D eigenvalue weighted by molar-refractivity contribution is -0.114. The number of furan rings is 1. The van der Waals surface area contributed by atoms with Crippen LogP contribution in [0.4, 0.5) is 0 Å². The number of nitrogens with zero attached hydrogens (tertiary/aromatic N) is 3. The molecule has 0 atom stereocenters. The summed E-state index contributed by atoms with van der Waals surface area (Å²) < 4.78 is 5.85. The molecule has 2 aliphatic heterocycles. The van der Waals surface area contributed by atoms with Gasteiger partial charge >= 0.3 is 0 Å². The molecule has 2 aliphatic rings. The molecule has 1 amide bonds. The Morgan fingerprint density at radius 3 is 2.77 bits per heavy atom. The van der Waals surface area contributed by atoms with Crippen LogP contribution < -0.4 is 0 Å². The van der Waals surface area contributed by atoms with E-state index in [1.54, 1.807) is 24.3 Å². The van der Waals surface area contributed by atoms with Crippen LogP contribution in [0.2, 0.25) is 5.02 Å². The quantitative estimate of drug-likeness (QED) is 0.533. The van der Waals surface area contributed by atoms with Gasteiger partial charge in [-0.1, -0.05) is 48.0 Å². The van der Waals surface area contributed by atoms with Crippen molar-refractivity contribution >= 4 is 51.4 Å². The molecule has 0 aliphatic carbocycles. The molecule has 0 spiro atoms. The highest BCUT2D eigenvalue weighted by Gasteiger charge is 2.36. The highest BCUT2D eigenvalue weighted by Crippen LogP contribution is 2.32. The molecule has 0 fully saturated rings. The molecule has 6 nitrogen and oxygen atoms in total. The largest absolute Gasteiger partial charge is 0.457 e. The van der Waals surface area contributed by atoms with Gasteiger partial charge in [0.1, 0.15) is 16.6 Å². The summed E-state index contributed by atoms with van der Waals surface area (Å²) in [7, 11) is 0. The Morgan fingerprint density at radius 1 is 1.13 bits per heavy atom. The predicted octanol–water partition coefficient (Wildman–Crippen LogP) is 5.58. The summed E-state index contributed by atoms with van der Waals surface area (Å²) in [6.45, 7) is 1.99. The van der Waals surface area contributed by atoms with E-state index in [1.165, 1.54) is 22.8 Å². The summed E-state index contributed by atoms with van der Waals surface area (Å²) in [4.78, 5) is 16.8. The fraction of sp³-hybridized carbons (Fsp3) is 0.0435. The van der Waals surface area contributed by atoms with E-state index in [0.29, 0.717) is 26.8 Å². The third kappa shape index (κ3) is 3.62. The molecule has 152 valence electrons. The first-order valence-corrected chi connectivity index (χ1v) is 10.6. The van der Waals surface area contributed by atoms with Gasteiger partial charge in [0.05, 0.1) is 5.57 Å². The van der Waals surface area contributed by atoms with Gasteiger partial charge in [0.25, 0.3) is 5.91 Å². The average molecular weight is 447 g/mol. The van der Waals surface area contributed by atoms with Gasteiger partial charge < -0.3 is 4.42 Å². The number of amidine groups is 2. The second kappa shape index (κ2) is 7.68. The Balaban J connectivity index is 1.46. The van der Waals surface area contributed by atoms with Crippen molar-refractivity contribution in [3.63, 3.8) is 0 Å². The summed E-state index contributed by atoms with van der Waals surface area (Å²) in [5.41, 5.74) is 2.96. The number of hydrogen-bond acceptors (Lipinski definition) is 5. The molecular weight excluding hydrogens is 432 g/mol. The molecule has 8 heteroatoms. The summed E-state index contributed by atoms with van der Waals surface area (Å²) in [5, 5.41) is 16.1. The molecule has 2 aromatic carbocycles. The molecule has 0 saturated heterocycles. The Kier molecular flexibility index (Phi) is 4.84. The number of rotatable bonds is 3. The van der Waals surface area contributed by atoms with E-state index >= 15 is 0 Å². The first kappa shape index (κ1) is 19.5. The van der Waals surface area contributed by atoms with Gasteiger partial charge in [0, 0.05) is 16.1 Å². The van der Waals surface area contributed by atoms with Crippen molar-refractivity contribution in [3.8, 4) is 11.3 Å². The van der Waals surface area contributed by atoms with Gasteiger partial charge in [0.15, 0.2) is 5.84 Å². The maximum atomic E-state index is 12.6. The molecule has 1 aromatic heterocycles. The first-order valence-electron chi connectivity index (χ1n) is 9.41. The van der Waals surface area contributed by atoms with Crippen molar-refractivity contribution in [3.05, 3.63) is 88.1 Å². The van der Waals surface area contributed by atoms with Crippen LogP contribution in [0.3, 0.4) is 0 Å². The minimum absolute atomic E-state index is 0.0354. The van der Waals surface area contributed by atoms with E-state index < -0.39 is 5.91 Å². The fourth-order valence-corrected chi connectivity index (χ4v) is 4.46. The van der Waals surface area contributed by atoms with E-state index in [9.17, 15) is 4.79 Å². The lowest BCUT2D eigenvalue weighted by Gasteiger charge is -2.19. The number of fused-ring (bicyclic) bond motifs is 1. The van der Waals surface area contributed by atoms with Crippen molar-refractivity contribution < 1.29 is 9.21 Å². The second-order valence-corrected chi connectivity index (χ2v) is 8.34. The third-order valence-corrected chi connectivity index (χ3v) is 6.03. The van der Waals surface area contributed by atoms with Crippen LogP contribution in [0, 0.1) is 12.3 Å². The maximum Gasteiger partial charge on any atom is 0.283 e. The molecule has 0 saturated carbocycles. The van der Waals surface area contributed by atoms with Gasteiger partial charge in [-0.15, -0.1) is 0 Å². The van der Waals surface area contributed by atoms with E-state index in [2.05, 4.69) is 10.1 Å². The SMILES string of the molecule is Cc1ccccc1C1=NN2C(=N)C(=Cc3ccc(-c4cccc(Cl)c4)o3)C(=O)N=C2S1. The number of aryl methyl sites for hydroxylation is 1. The normalized spacial score (nSPS) is 17.1. The molecule has 3 aromatic rings. The highest BCUT2D eigenvalue weighted by molar-refractivity contribution is 8.27. The Morgan fingerprint density at radius 2 is 1.97 bits per heavy atom. The molecule has 5 rings (SSSR count). The van der Waals surface area contributed by atoms with Crippen LogP contribution in [0.1, 0.15) is 16.9 Å². The summed E-state index contributed by atoms with van der Waals surface area (Å²) in [6.07, 6.45) is 1.52. The zero-order chi connectivity index (χ0) is 21.5. The monoisotopic (exact) mass is 446 g/mol. The molecule has 3 heterocycles. The Labute approximate surface area is 187 Å². The minimum Gasteiger partial charge on any atom is -0.457 e. The zero-order valence-corrected chi connectivity index (χ0v) is 17.9. The number of aliphatic imine (C=N–C) groups is 1.